The third-order valence-corrected chi connectivity index (χ3v) is 5.89. The van der Waals surface area contributed by atoms with Crippen LogP contribution in [0.2, 0.25) is 0 Å². The van der Waals surface area contributed by atoms with E-state index in [2.05, 4.69) is 31.7 Å². The van der Waals surface area contributed by atoms with Crippen LogP contribution in [0.4, 0.5) is 0 Å². The number of ether oxygens (including phenoxy) is 1. The van der Waals surface area contributed by atoms with Gasteiger partial charge in [0.25, 0.3) is 0 Å². The number of hydrogen-bond acceptors (Lipinski definition) is 6. The molecule has 0 saturated heterocycles. The Kier molecular flexibility index (Phi) is 4.86. The highest BCUT2D eigenvalue weighted by atomic mass is 32.1. The molecule has 4 aromatic rings. The summed E-state index contributed by atoms with van der Waals surface area (Å²) in [5.41, 5.74) is 5.10. The van der Waals surface area contributed by atoms with Crippen LogP contribution in [0.3, 0.4) is 0 Å². The van der Waals surface area contributed by atoms with E-state index in [4.69, 9.17) is 4.74 Å². The number of methoxy groups -OCH3 is 1. The number of allylic oxidation sites excluding steroid dienone is 1. The van der Waals surface area contributed by atoms with Gasteiger partial charge in [-0.1, -0.05) is 0 Å². The first kappa shape index (κ1) is 19.4. The van der Waals surface area contributed by atoms with E-state index in [0.717, 1.165) is 26.8 Å². The van der Waals surface area contributed by atoms with Gasteiger partial charge >= 0.3 is 0 Å². The number of aromatic nitrogens is 4. The molecule has 0 aromatic carbocycles. The van der Waals surface area contributed by atoms with E-state index in [0.29, 0.717) is 33.9 Å². The molecule has 4 heterocycles. The van der Waals surface area contributed by atoms with Crippen LogP contribution in [-0.2, 0) is 0 Å². The zero-order valence-corrected chi connectivity index (χ0v) is 17.8. The molecule has 0 radical (unpaired) electrons. The van der Waals surface area contributed by atoms with Gasteiger partial charge in [-0.15, -0.1) is 11.3 Å². The summed E-state index contributed by atoms with van der Waals surface area (Å²) in [6.45, 7) is 5.96. The molecule has 0 atom stereocenters. The van der Waals surface area contributed by atoms with Gasteiger partial charge in [0.15, 0.2) is 5.65 Å². The zero-order valence-electron chi connectivity index (χ0n) is 16.9. The predicted octanol–water partition coefficient (Wildman–Crippen LogP) is 4.68. The molecular formula is C22H18N6OS. The first-order chi connectivity index (χ1) is 14.4. The van der Waals surface area contributed by atoms with Gasteiger partial charge in [-0.3, -0.25) is 0 Å². The second-order valence-corrected chi connectivity index (χ2v) is 8.08. The summed E-state index contributed by atoms with van der Waals surface area (Å²) in [6.07, 6.45) is 3.41. The monoisotopic (exact) mass is 414 g/mol. The van der Waals surface area contributed by atoms with E-state index < -0.39 is 0 Å². The Balaban J connectivity index is 1.81. The molecule has 0 amide bonds. The van der Waals surface area contributed by atoms with Crippen LogP contribution in [0.5, 0.6) is 5.75 Å². The Bertz CT molecular complexity index is 1390. The summed E-state index contributed by atoms with van der Waals surface area (Å²) >= 11 is 1.58. The van der Waals surface area contributed by atoms with Crippen molar-refractivity contribution < 1.29 is 4.74 Å². The van der Waals surface area contributed by atoms with Crippen LogP contribution in [0.15, 0.2) is 24.4 Å². The lowest BCUT2D eigenvalue weighted by molar-refractivity contribution is 0.413. The maximum atomic E-state index is 9.77. The third kappa shape index (κ3) is 3.24. The second kappa shape index (κ2) is 7.51. The number of imidazole rings is 1. The number of thiophene rings is 1. The molecule has 7 nitrogen and oxygen atoms in total. The Hall–Kier alpha value is -3.88. The largest absolute Gasteiger partial charge is 0.495 e. The summed E-state index contributed by atoms with van der Waals surface area (Å²) in [5, 5.41) is 20.1. The van der Waals surface area contributed by atoms with Crippen molar-refractivity contribution in [3.05, 3.63) is 57.6 Å². The van der Waals surface area contributed by atoms with Gasteiger partial charge in [-0.2, -0.15) is 10.5 Å². The van der Waals surface area contributed by atoms with Crippen molar-refractivity contribution in [2.24, 2.45) is 0 Å². The standard InChI is InChI=1S/C22H18N6OS/c1-12-5-15(14(3)28(12)22-17(10-24)6-13(2)30-22)7-16(9-23)20-26-19-8-18(29-4)11-25-21(19)27-20/h5-8,11H,1-4H3,(H,25,26,27)/b16-7+. The molecule has 4 aromatic heterocycles. The number of nitriles is 2. The number of hydrogen-bond donors (Lipinski definition) is 1. The number of aromatic amines is 1. The molecule has 30 heavy (non-hydrogen) atoms. The van der Waals surface area contributed by atoms with E-state index in [-0.39, 0.29) is 0 Å². The predicted molar refractivity (Wildman–Crippen MR) is 116 cm³/mol. The Morgan fingerprint density at radius 3 is 2.73 bits per heavy atom. The zero-order chi connectivity index (χ0) is 21.4. The Morgan fingerprint density at radius 1 is 1.23 bits per heavy atom. The number of pyridine rings is 1. The first-order valence-electron chi connectivity index (χ1n) is 9.17. The lowest BCUT2D eigenvalue weighted by Crippen LogP contribution is -1.98. The molecule has 0 aliphatic rings. The van der Waals surface area contributed by atoms with Crippen molar-refractivity contribution in [3.8, 4) is 22.9 Å². The van der Waals surface area contributed by atoms with Gasteiger partial charge in [-0.05, 0) is 44.5 Å². The van der Waals surface area contributed by atoms with Gasteiger partial charge in [-0.25, -0.2) is 9.97 Å². The van der Waals surface area contributed by atoms with Crippen molar-refractivity contribution >= 4 is 34.1 Å². The van der Waals surface area contributed by atoms with Crippen molar-refractivity contribution in [2.75, 3.05) is 7.11 Å². The maximum absolute atomic E-state index is 9.77. The fourth-order valence-corrected chi connectivity index (χ4v) is 4.49. The third-order valence-electron chi connectivity index (χ3n) is 4.85. The molecule has 0 aliphatic heterocycles. The molecule has 8 heteroatoms. The topological polar surface area (TPSA) is 103 Å². The average Bonchev–Trinajstić information content (AvgIpc) is 3.40. The number of nitrogens with zero attached hydrogens (tertiary/aromatic N) is 5. The quantitative estimate of drug-likeness (QED) is 0.488. The number of rotatable bonds is 4. The number of fused-ring (bicyclic) bond motifs is 1. The molecule has 148 valence electrons. The molecule has 0 unspecified atom stereocenters. The molecule has 1 N–H and O–H groups in total. The van der Waals surface area contributed by atoms with Gasteiger partial charge in [0, 0.05) is 22.3 Å². The molecule has 0 aliphatic carbocycles. The lowest BCUT2D eigenvalue weighted by atomic mass is 10.1. The highest BCUT2D eigenvalue weighted by Gasteiger charge is 2.17. The number of nitrogens with one attached hydrogen (secondary N) is 1. The highest BCUT2D eigenvalue weighted by Crippen LogP contribution is 2.31. The van der Waals surface area contributed by atoms with Gasteiger partial charge < -0.3 is 14.3 Å². The minimum Gasteiger partial charge on any atom is -0.495 e. The number of H-pyrrole nitrogens is 1. The Morgan fingerprint density at radius 2 is 2.03 bits per heavy atom. The molecule has 0 spiro atoms. The first-order valence-corrected chi connectivity index (χ1v) is 9.98. The van der Waals surface area contributed by atoms with Gasteiger partial charge in [0.2, 0.25) is 0 Å². The minimum atomic E-state index is 0.398. The van der Waals surface area contributed by atoms with E-state index in [9.17, 15) is 10.5 Å². The normalized spacial score (nSPS) is 11.5. The molecule has 4 rings (SSSR count). The van der Waals surface area contributed by atoms with Crippen molar-refractivity contribution in [1.82, 2.24) is 19.5 Å². The van der Waals surface area contributed by atoms with Crippen molar-refractivity contribution in [2.45, 2.75) is 20.8 Å². The molecule has 0 fully saturated rings. The Labute approximate surface area is 177 Å². The van der Waals surface area contributed by atoms with E-state index in [1.54, 1.807) is 36.8 Å². The van der Waals surface area contributed by atoms with Crippen LogP contribution in [0.25, 0.3) is 27.8 Å². The summed E-state index contributed by atoms with van der Waals surface area (Å²) in [4.78, 5) is 13.0. The van der Waals surface area contributed by atoms with Crippen molar-refractivity contribution in [1.29, 1.82) is 10.5 Å². The van der Waals surface area contributed by atoms with Crippen LogP contribution >= 0.6 is 11.3 Å². The van der Waals surface area contributed by atoms with Crippen LogP contribution in [0, 0.1) is 43.4 Å². The smallest absolute Gasteiger partial charge is 0.157 e. The summed E-state index contributed by atoms with van der Waals surface area (Å²) in [5.74, 6) is 1.05. The number of aryl methyl sites for hydroxylation is 2. The highest BCUT2D eigenvalue weighted by molar-refractivity contribution is 7.14. The average molecular weight is 414 g/mol. The van der Waals surface area contributed by atoms with Crippen molar-refractivity contribution in [3.63, 3.8) is 0 Å². The molecular weight excluding hydrogens is 396 g/mol. The molecule has 0 bridgehead atoms. The summed E-state index contributed by atoms with van der Waals surface area (Å²) in [6, 6.07) is 10.2. The lowest BCUT2D eigenvalue weighted by Gasteiger charge is -2.07. The van der Waals surface area contributed by atoms with E-state index >= 15 is 0 Å². The minimum absolute atomic E-state index is 0.398. The fourth-order valence-electron chi connectivity index (χ4n) is 3.42. The summed E-state index contributed by atoms with van der Waals surface area (Å²) < 4.78 is 7.25. The van der Waals surface area contributed by atoms with E-state index in [1.807, 2.05) is 32.9 Å². The molecule has 0 saturated carbocycles. The van der Waals surface area contributed by atoms with Crippen LogP contribution < -0.4 is 4.74 Å². The van der Waals surface area contributed by atoms with E-state index in [1.165, 1.54) is 0 Å². The SMILES string of the molecule is COc1cnc2[nH]c(/C(C#N)=C/c3cc(C)n(-c4sc(C)cc4C#N)c3C)nc2c1. The van der Waals surface area contributed by atoms with Gasteiger partial charge in [0.1, 0.15) is 34.2 Å². The maximum Gasteiger partial charge on any atom is 0.157 e. The second-order valence-electron chi connectivity index (χ2n) is 6.85. The fraction of sp³-hybridized carbons (Fsp3) is 0.182. The van der Waals surface area contributed by atoms with Crippen LogP contribution in [0.1, 0.15) is 33.2 Å². The summed E-state index contributed by atoms with van der Waals surface area (Å²) in [7, 11) is 1.57. The van der Waals surface area contributed by atoms with Crippen LogP contribution in [-0.4, -0.2) is 26.6 Å². The van der Waals surface area contributed by atoms with Gasteiger partial charge in [0.05, 0.1) is 24.4 Å².